The van der Waals surface area contributed by atoms with E-state index >= 15 is 0 Å². The van der Waals surface area contributed by atoms with Crippen LogP contribution in [0.2, 0.25) is 0 Å². The van der Waals surface area contributed by atoms with E-state index in [1.807, 2.05) is 49.8 Å². The Balaban J connectivity index is 0.00000144. The molecule has 0 spiro atoms. The molecule has 1 saturated carbocycles. The Hall–Kier alpha value is -3.26. The fourth-order valence-electron chi connectivity index (χ4n) is 3.86. The zero-order valence-corrected chi connectivity index (χ0v) is 23.4. The molecule has 39 heavy (non-hydrogen) atoms. The van der Waals surface area contributed by atoms with Gasteiger partial charge >= 0.3 is 7.82 Å². The van der Waals surface area contributed by atoms with Crippen LogP contribution < -0.4 is 5.32 Å². The largest absolute Gasteiger partial charge is 0.471 e. The molecule has 4 heterocycles. The van der Waals surface area contributed by atoms with Crippen molar-refractivity contribution in [3.63, 3.8) is 0 Å². The number of phosphoric acid groups is 1. The van der Waals surface area contributed by atoms with Gasteiger partial charge in [-0.1, -0.05) is 19.9 Å². The highest BCUT2D eigenvalue weighted by Crippen LogP contribution is 2.37. The molecule has 5 rings (SSSR count). The molecule has 1 fully saturated rings. The summed E-state index contributed by atoms with van der Waals surface area (Å²) in [7, 11) is -4.62. The normalized spacial score (nSPS) is 16.7. The highest BCUT2D eigenvalue weighted by molar-refractivity contribution is 7.46. The zero-order chi connectivity index (χ0) is 28.0. The maximum absolute atomic E-state index is 13.1. The smallest absolute Gasteiger partial charge is 0.378 e. The molecular formula is C24H32N7O6PS. The van der Waals surface area contributed by atoms with Crippen molar-refractivity contribution in [1.82, 2.24) is 29.5 Å². The zero-order valence-electron chi connectivity index (χ0n) is 21.7. The van der Waals surface area contributed by atoms with Crippen LogP contribution in [0.1, 0.15) is 51.6 Å². The van der Waals surface area contributed by atoms with Gasteiger partial charge in [0.1, 0.15) is 16.4 Å². The summed E-state index contributed by atoms with van der Waals surface area (Å²) < 4.78 is 24.1. The highest BCUT2D eigenvalue weighted by Gasteiger charge is 2.32. The Kier molecular flexibility index (Phi) is 9.38. The van der Waals surface area contributed by atoms with Gasteiger partial charge in [-0.3, -0.25) is 19.0 Å². The first-order valence-electron chi connectivity index (χ1n) is 12.4. The number of carbonyl (C=O) groups excluding carboxylic acids is 1. The van der Waals surface area contributed by atoms with Crippen molar-refractivity contribution in [2.45, 2.75) is 52.5 Å². The van der Waals surface area contributed by atoms with E-state index in [9.17, 15) is 9.36 Å². The van der Waals surface area contributed by atoms with E-state index in [1.165, 1.54) is 28.4 Å². The van der Waals surface area contributed by atoms with E-state index in [0.29, 0.717) is 34.3 Å². The average Bonchev–Trinajstić information content (AvgIpc) is 3.66. The number of amides is 1. The molecule has 1 aliphatic carbocycles. The quantitative estimate of drug-likeness (QED) is 0.227. The minimum atomic E-state index is -4.62. The van der Waals surface area contributed by atoms with Crippen molar-refractivity contribution in [2.24, 2.45) is 0 Å². The molecule has 15 heteroatoms. The second-order valence-electron chi connectivity index (χ2n) is 8.30. The number of rotatable bonds is 10. The number of anilines is 1. The first kappa shape index (κ1) is 28.7. The van der Waals surface area contributed by atoms with Crippen LogP contribution >= 0.6 is 19.2 Å². The second kappa shape index (κ2) is 12.7. The topological polar surface area (TPSA) is 167 Å². The van der Waals surface area contributed by atoms with Gasteiger partial charge in [0.25, 0.3) is 5.91 Å². The SMILES string of the molecule is CC.CCOC1CC(n2cc(NC(=O)c3csc(-c4cnn(COP(=O)(O)O)c4)n3)c(-c3ccccn3)n2)C1.[HH]. The Labute approximate surface area is 230 Å². The average molecular weight is 578 g/mol. The number of nitrogens with zero attached hydrogens (tertiary/aromatic N) is 6. The Morgan fingerprint density at radius 3 is 2.77 bits per heavy atom. The standard InChI is InChI=1S/C22H24N7O6PS.C2H6.H2/c1-2-34-16-7-15(8-16)29-11-18(20(27-29)17-5-3-4-6-23-17)25-21(30)19-12-37-22(26-19)14-9-24-28(10-14)13-35-36(31,32)33;1-2;/h3-6,9-12,15-16H,2,7-8,13H2,1H3,(H,25,30)(H2,31,32,33);1-2H3;1H. The third-order valence-electron chi connectivity index (χ3n) is 5.71. The van der Waals surface area contributed by atoms with Crippen LogP contribution in [0.5, 0.6) is 0 Å². The van der Waals surface area contributed by atoms with Gasteiger partial charge in [0.2, 0.25) is 0 Å². The lowest BCUT2D eigenvalue weighted by molar-refractivity contribution is -0.0226. The van der Waals surface area contributed by atoms with Crippen molar-refractivity contribution >= 4 is 30.8 Å². The fourth-order valence-corrected chi connectivity index (χ4v) is 4.91. The molecule has 1 amide bonds. The fraction of sp³-hybridized carbons (Fsp3) is 0.375. The van der Waals surface area contributed by atoms with Crippen molar-refractivity contribution in [2.75, 3.05) is 11.9 Å². The summed E-state index contributed by atoms with van der Waals surface area (Å²) in [6.45, 7) is 6.23. The van der Waals surface area contributed by atoms with E-state index < -0.39 is 20.5 Å². The maximum Gasteiger partial charge on any atom is 0.471 e. The number of thiazole rings is 1. The molecule has 0 atom stereocenters. The van der Waals surface area contributed by atoms with Crippen molar-refractivity contribution < 1.29 is 29.8 Å². The molecular weight excluding hydrogens is 545 g/mol. The van der Waals surface area contributed by atoms with Crippen LogP contribution in [-0.2, 0) is 20.6 Å². The molecule has 13 nitrogen and oxygen atoms in total. The van der Waals surface area contributed by atoms with Crippen LogP contribution in [0.25, 0.3) is 22.0 Å². The van der Waals surface area contributed by atoms with Crippen LogP contribution in [0.3, 0.4) is 0 Å². The maximum atomic E-state index is 13.1. The second-order valence-corrected chi connectivity index (χ2v) is 10.4. The summed E-state index contributed by atoms with van der Waals surface area (Å²) >= 11 is 1.24. The third kappa shape index (κ3) is 7.24. The molecule has 4 aromatic rings. The molecule has 3 N–H and O–H groups in total. The van der Waals surface area contributed by atoms with Crippen LogP contribution in [-0.4, -0.2) is 57.9 Å². The van der Waals surface area contributed by atoms with E-state index in [0.717, 1.165) is 12.8 Å². The Morgan fingerprint density at radius 1 is 1.28 bits per heavy atom. The van der Waals surface area contributed by atoms with E-state index in [4.69, 9.17) is 19.6 Å². The van der Waals surface area contributed by atoms with Gasteiger partial charge < -0.3 is 19.8 Å². The van der Waals surface area contributed by atoms with Gasteiger partial charge in [-0.2, -0.15) is 10.2 Å². The van der Waals surface area contributed by atoms with Crippen LogP contribution in [0.15, 0.2) is 48.4 Å². The van der Waals surface area contributed by atoms with Gasteiger partial charge in [-0.25, -0.2) is 14.2 Å². The minimum Gasteiger partial charge on any atom is -0.378 e. The predicted molar refractivity (Wildman–Crippen MR) is 147 cm³/mol. The number of carbonyl (C=O) groups is 1. The lowest BCUT2D eigenvalue weighted by atomic mass is 9.89. The number of phosphoric ester groups is 1. The molecule has 1 aliphatic rings. The van der Waals surface area contributed by atoms with E-state index in [1.54, 1.807) is 11.6 Å². The van der Waals surface area contributed by atoms with E-state index in [2.05, 4.69) is 24.9 Å². The van der Waals surface area contributed by atoms with E-state index in [-0.39, 0.29) is 19.3 Å². The molecule has 0 unspecified atom stereocenters. The first-order valence-corrected chi connectivity index (χ1v) is 14.8. The number of nitrogens with one attached hydrogen (secondary N) is 1. The third-order valence-corrected chi connectivity index (χ3v) is 7.05. The summed E-state index contributed by atoms with van der Waals surface area (Å²) in [5.41, 5.74) is 2.52. The van der Waals surface area contributed by atoms with Gasteiger partial charge in [-0.05, 0) is 31.9 Å². The monoisotopic (exact) mass is 577 g/mol. The summed E-state index contributed by atoms with van der Waals surface area (Å²) in [5, 5.41) is 13.8. The number of ether oxygens (including phenoxy) is 1. The van der Waals surface area contributed by atoms with Gasteiger partial charge in [0.05, 0.1) is 29.7 Å². The number of hydrogen-bond donors (Lipinski definition) is 3. The predicted octanol–water partition coefficient (Wildman–Crippen LogP) is 4.60. The lowest BCUT2D eigenvalue weighted by Gasteiger charge is -2.34. The number of aromatic nitrogens is 6. The Morgan fingerprint density at radius 2 is 2.08 bits per heavy atom. The number of pyridine rings is 1. The summed E-state index contributed by atoms with van der Waals surface area (Å²) in [6, 6.07) is 5.69. The molecule has 0 aliphatic heterocycles. The lowest BCUT2D eigenvalue weighted by Crippen LogP contribution is -2.33. The van der Waals surface area contributed by atoms with Gasteiger partial charge in [0, 0.05) is 37.6 Å². The van der Waals surface area contributed by atoms with Gasteiger partial charge in [0.15, 0.2) is 6.73 Å². The van der Waals surface area contributed by atoms with Crippen LogP contribution in [0, 0.1) is 0 Å². The van der Waals surface area contributed by atoms with Crippen molar-refractivity contribution in [3.05, 3.63) is 54.1 Å². The van der Waals surface area contributed by atoms with Crippen molar-refractivity contribution in [3.8, 4) is 22.0 Å². The molecule has 4 aromatic heterocycles. The minimum absolute atomic E-state index is 0. The highest BCUT2D eigenvalue weighted by atomic mass is 32.1. The summed E-state index contributed by atoms with van der Waals surface area (Å²) in [4.78, 5) is 39.6. The number of hydrogen-bond acceptors (Lipinski definition) is 9. The van der Waals surface area contributed by atoms with Gasteiger partial charge in [-0.15, -0.1) is 11.3 Å². The summed E-state index contributed by atoms with van der Waals surface area (Å²) in [6.07, 6.45) is 8.41. The molecule has 0 bridgehead atoms. The van der Waals surface area contributed by atoms with Crippen LogP contribution in [0.4, 0.5) is 5.69 Å². The van der Waals surface area contributed by atoms with Crippen molar-refractivity contribution in [1.29, 1.82) is 0 Å². The molecule has 210 valence electrons. The molecule has 0 radical (unpaired) electrons. The molecule has 0 aromatic carbocycles. The Bertz CT molecular complexity index is 1430. The first-order chi connectivity index (χ1) is 18.8. The summed E-state index contributed by atoms with van der Waals surface area (Å²) in [5.74, 6) is -0.405. The molecule has 0 saturated heterocycles.